The van der Waals surface area contributed by atoms with E-state index < -0.39 is 0 Å². The number of amides is 1. The zero-order valence-corrected chi connectivity index (χ0v) is 15.0. The van der Waals surface area contributed by atoms with Crippen LogP contribution in [0, 0.1) is 0 Å². The van der Waals surface area contributed by atoms with Crippen molar-refractivity contribution in [3.63, 3.8) is 0 Å². The summed E-state index contributed by atoms with van der Waals surface area (Å²) in [6, 6.07) is 16.7. The van der Waals surface area contributed by atoms with Gasteiger partial charge in [-0.3, -0.25) is 14.8 Å². The molecule has 0 aliphatic carbocycles. The number of pyridine rings is 1. The third-order valence-electron chi connectivity index (χ3n) is 3.78. The van der Waals surface area contributed by atoms with Gasteiger partial charge in [0.15, 0.2) is 11.7 Å². The summed E-state index contributed by atoms with van der Waals surface area (Å²) >= 11 is 0. The second kappa shape index (κ2) is 9.19. The highest BCUT2D eigenvalue weighted by Gasteiger charge is 2.09. The lowest BCUT2D eigenvalue weighted by Crippen LogP contribution is -2.36. The second-order valence-corrected chi connectivity index (χ2v) is 5.73. The van der Waals surface area contributed by atoms with Crippen LogP contribution in [0.4, 0.5) is 5.69 Å². The highest BCUT2D eigenvalue weighted by atomic mass is 16.3. The molecule has 0 saturated heterocycles. The second-order valence-electron chi connectivity index (χ2n) is 5.73. The van der Waals surface area contributed by atoms with Gasteiger partial charge in [0.2, 0.25) is 0 Å². The molecular formula is C20H21N5O2. The first-order valence-electron chi connectivity index (χ1n) is 8.53. The standard InChI is InChI=1S/C20H21N5O2/c1-21-20(24-14-17-7-2-3-10-22-17)23-13-15-6-4-8-16(12-15)25-19(26)18-9-5-11-27-18/h2-12H,13-14H2,1H3,(H,25,26)(H2,21,23,24). The SMILES string of the molecule is CN=C(NCc1cccc(NC(=O)c2ccco2)c1)NCc1ccccn1. The van der Waals surface area contributed by atoms with Crippen LogP contribution in [0.15, 0.2) is 76.5 Å². The Morgan fingerprint density at radius 1 is 1.07 bits per heavy atom. The number of nitrogens with one attached hydrogen (secondary N) is 3. The average molecular weight is 363 g/mol. The van der Waals surface area contributed by atoms with E-state index in [1.54, 1.807) is 25.4 Å². The maximum atomic E-state index is 12.1. The minimum absolute atomic E-state index is 0.276. The number of carbonyl (C=O) groups is 1. The van der Waals surface area contributed by atoms with Crippen molar-refractivity contribution in [2.24, 2.45) is 4.99 Å². The lowest BCUT2D eigenvalue weighted by atomic mass is 10.2. The van der Waals surface area contributed by atoms with Gasteiger partial charge in [-0.15, -0.1) is 0 Å². The summed E-state index contributed by atoms with van der Waals surface area (Å²) in [6.45, 7) is 1.14. The van der Waals surface area contributed by atoms with Crippen LogP contribution >= 0.6 is 0 Å². The van der Waals surface area contributed by atoms with Gasteiger partial charge in [-0.2, -0.15) is 0 Å². The molecule has 0 unspecified atom stereocenters. The number of carbonyl (C=O) groups excluding carboxylic acids is 1. The minimum Gasteiger partial charge on any atom is -0.459 e. The van der Waals surface area contributed by atoms with Gasteiger partial charge in [-0.25, -0.2) is 0 Å². The Morgan fingerprint density at radius 2 is 1.96 bits per heavy atom. The lowest BCUT2D eigenvalue weighted by molar-refractivity contribution is 0.0996. The van der Waals surface area contributed by atoms with Crippen molar-refractivity contribution >= 4 is 17.6 Å². The predicted octanol–water partition coefficient (Wildman–Crippen LogP) is 2.79. The number of aromatic nitrogens is 1. The van der Waals surface area contributed by atoms with Crippen molar-refractivity contribution in [1.82, 2.24) is 15.6 Å². The summed E-state index contributed by atoms with van der Waals surface area (Å²) in [5.74, 6) is 0.668. The van der Waals surface area contributed by atoms with E-state index in [1.807, 2.05) is 42.5 Å². The first kappa shape index (κ1) is 18.2. The number of benzene rings is 1. The average Bonchev–Trinajstić information content (AvgIpc) is 3.24. The highest BCUT2D eigenvalue weighted by Crippen LogP contribution is 2.12. The highest BCUT2D eigenvalue weighted by molar-refractivity contribution is 6.02. The molecule has 2 heterocycles. The van der Waals surface area contributed by atoms with Crippen LogP contribution in [-0.4, -0.2) is 23.9 Å². The third-order valence-corrected chi connectivity index (χ3v) is 3.78. The van der Waals surface area contributed by atoms with Crippen molar-refractivity contribution < 1.29 is 9.21 Å². The molecule has 0 saturated carbocycles. The topological polar surface area (TPSA) is 91.5 Å². The summed E-state index contributed by atoms with van der Waals surface area (Å²) in [4.78, 5) is 20.5. The Labute approximate surface area is 157 Å². The van der Waals surface area contributed by atoms with Crippen molar-refractivity contribution in [3.8, 4) is 0 Å². The van der Waals surface area contributed by atoms with Gasteiger partial charge in [0.1, 0.15) is 0 Å². The molecule has 0 bridgehead atoms. The summed E-state index contributed by atoms with van der Waals surface area (Å²) in [7, 11) is 1.72. The zero-order chi connectivity index (χ0) is 18.9. The third kappa shape index (κ3) is 5.43. The van der Waals surface area contributed by atoms with Crippen LogP contribution in [0.5, 0.6) is 0 Å². The molecule has 27 heavy (non-hydrogen) atoms. The summed E-state index contributed by atoms with van der Waals surface area (Å²) in [5.41, 5.74) is 2.64. The zero-order valence-electron chi connectivity index (χ0n) is 15.0. The predicted molar refractivity (Wildman–Crippen MR) is 104 cm³/mol. The molecule has 3 aromatic rings. The van der Waals surface area contributed by atoms with Gasteiger partial charge >= 0.3 is 0 Å². The number of anilines is 1. The molecule has 1 amide bonds. The quantitative estimate of drug-likeness (QED) is 0.463. The van der Waals surface area contributed by atoms with Crippen LogP contribution in [0.3, 0.4) is 0 Å². The summed E-state index contributed by atoms with van der Waals surface area (Å²) in [5, 5.41) is 9.28. The molecular weight excluding hydrogens is 342 g/mol. The molecule has 0 aliphatic heterocycles. The fourth-order valence-corrected chi connectivity index (χ4v) is 2.44. The van der Waals surface area contributed by atoms with Crippen LogP contribution in [0.25, 0.3) is 0 Å². The van der Waals surface area contributed by atoms with Gasteiger partial charge in [-0.05, 0) is 42.0 Å². The Bertz CT molecular complexity index is 892. The molecule has 3 rings (SSSR count). The van der Waals surface area contributed by atoms with Crippen molar-refractivity contribution in [2.75, 3.05) is 12.4 Å². The van der Waals surface area contributed by atoms with Crippen LogP contribution in [0.1, 0.15) is 21.8 Å². The van der Waals surface area contributed by atoms with E-state index >= 15 is 0 Å². The number of nitrogens with zero attached hydrogens (tertiary/aromatic N) is 2. The molecule has 3 N–H and O–H groups in total. The van der Waals surface area contributed by atoms with E-state index in [0.717, 1.165) is 11.3 Å². The number of rotatable bonds is 6. The number of aliphatic imine (C=N–C) groups is 1. The van der Waals surface area contributed by atoms with Crippen LogP contribution in [-0.2, 0) is 13.1 Å². The van der Waals surface area contributed by atoms with E-state index in [0.29, 0.717) is 24.7 Å². The Kier molecular flexibility index (Phi) is 6.19. The molecule has 0 spiro atoms. The number of hydrogen-bond donors (Lipinski definition) is 3. The normalized spacial score (nSPS) is 11.1. The Balaban J connectivity index is 1.53. The molecule has 0 fully saturated rings. The number of furan rings is 1. The van der Waals surface area contributed by atoms with E-state index in [1.165, 1.54) is 6.26 Å². The minimum atomic E-state index is -0.280. The largest absolute Gasteiger partial charge is 0.459 e. The van der Waals surface area contributed by atoms with E-state index in [2.05, 4.69) is 25.9 Å². The molecule has 7 heteroatoms. The summed E-state index contributed by atoms with van der Waals surface area (Å²) in [6.07, 6.45) is 3.23. The molecule has 0 aliphatic rings. The lowest BCUT2D eigenvalue weighted by Gasteiger charge is -2.12. The maximum Gasteiger partial charge on any atom is 0.291 e. The monoisotopic (exact) mass is 363 g/mol. The fraction of sp³-hybridized carbons (Fsp3) is 0.150. The first-order chi connectivity index (χ1) is 13.2. The fourth-order valence-electron chi connectivity index (χ4n) is 2.44. The van der Waals surface area contributed by atoms with E-state index in [-0.39, 0.29) is 11.7 Å². The smallest absolute Gasteiger partial charge is 0.291 e. The summed E-state index contributed by atoms with van der Waals surface area (Å²) < 4.78 is 5.10. The van der Waals surface area contributed by atoms with Crippen molar-refractivity contribution in [1.29, 1.82) is 0 Å². The first-order valence-corrected chi connectivity index (χ1v) is 8.53. The molecule has 7 nitrogen and oxygen atoms in total. The van der Waals surface area contributed by atoms with Gasteiger partial charge in [0.25, 0.3) is 5.91 Å². The van der Waals surface area contributed by atoms with Gasteiger partial charge < -0.3 is 20.4 Å². The van der Waals surface area contributed by atoms with Crippen LogP contribution < -0.4 is 16.0 Å². The Hall–Kier alpha value is -3.61. The van der Waals surface area contributed by atoms with Gasteiger partial charge in [0.05, 0.1) is 18.5 Å². The van der Waals surface area contributed by atoms with Crippen molar-refractivity contribution in [2.45, 2.75) is 13.1 Å². The van der Waals surface area contributed by atoms with Gasteiger partial charge in [0, 0.05) is 25.5 Å². The van der Waals surface area contributed by atoms with Gasteiger partial charge in [-0.1, -0.05) is 18.2 Å². The van der Waals surface area contributed by atoms with Crippen LogP contribution in [0.2, 0.25) is 0 Å². The molecule has 1 aromatic carbocycles. The molecule has 2 aromatic heterocycles. The molecule has 138 valence electrons. The van der Waals surface area contributed by atoms with E-state index in [9.17, 15) is 4.79 Å². The van der Waals surface area contributed by atoms with Crippen molar-refractivity contribution in [3.05, 3.63) is 84.1 Å². The maximum absolute atomic E-state index is 12.1. The number of guanidine groups is 1. The molecule has 0 atom stereocenters. The molecule has 0 radical (unpaired) electrons. The number of hydrogen-bond acceptors (Lipinski definition) is 4. The Morgan fingerprint density at radius 3 is 2.70 bits per heavy atom. The van der Waals surface area contributed by atoms with E-state index in [4.69, 9.17) is 4.42 Å².